The summed E-state index contributed by atoms with van der Waals surface area (Å²) in [5.74, 6) is 3.45. The second-order valence-electron chi connectivity index (χ2n) is 6.71. The van der Waals surface area contributed by atoms with Crippen LogP contribution in [0.15, 0.2) is 18.3 Å². The maximum absolute atomic E-state index is 9.35. The van der Waals surface area contributed by atoms with Crippen molar-refractivity contribution in [2.24, 2.45) is 0 Å². The number of hydrogen-bond acceptors (Lipinski definition) is 5. The van der Waals surface area contributed by atoms with Gasteiger partial charge >= 0.3 is 0 Å². The number of aromatic nitrogens is 4. The molecule has 1 unspecified atom stereocenters. The van der Waals surface area contributed by atoms with Gasteiger partial charge in [0.2, 0.25) is 0 Å². The summed E-state index contributed by atoms with van der Waals surface area (Å²) in [6.45, 7) is 2.86. The zero-order valence-corrected chi connectivity index (χ0v) is 13.9. The molecule has 1 saturated heterocycles. The average molecular weight is 322 g/mol. The highest BCUT2D eigenvalue weighted by atomic mass is 15.3. The number of nitriles is 1. The van der Waals surface area contributed by atoms with E-state index in [-0.39, 0.29) is 0 Å². The molecule has 124 valence electrons. The molecule has 2 aromatic rings. The lowest BCUT2D eigenvalue weighted by Gasteiger charge is -2.33. The van der Waals surface area contributed by atoms with Crippen LogP contribution in [0.5, 0.6) is 0 Å². The Labute approximate surface area is 142 Å². The first kappa shape index (κ1) is 15.1. The summed E-state index contributed by atoms with van der Waals surface area (Å²) in [6.07, 6.45) is 8.74. The molecule has 6 heteroatoms. The number of nitrogens with zero attached hydrogens (tertiary/aromatic N) is 6. The Bertz CT molecular complexity index is 759. The van der Waals surface area contributed by atoms with E-state index in [0.29, 0.717) is 11.5 Å². The Morgan fingerprint density at radius 2 is 2.08 bits per heavy atom. The van der Waals surface area contributed by atoms with Gasteiger partial charge in [0.25, 0.3) is 0 Å². The first-order chi connectivity index (χ1) is 11.9. The Balaban J connectivity index is 1.60. The van der Waals surface area contributed by atoms with Crippen LogP contribution in [0, 0.1) is 11.3 Å². The minimum atomic E-state index is 0.367. The van der Waals surface area contributed by atoms with Crippen LogP contribution >= 0.6 is 0 Å². The van der Waals surface area contributed by atoms with E-state index in [1.165, 1.54) is 19.3 Å². The molecule has 1 fully saturated rings. The minimum Gasteiger partial charge on any atom is -0.355 e. The molecule has 24 heavy (non-hydrogen) atoms. The number of hydrogen-bond donors (Lipinski definition) is 0. The van der Waals surface area contributed by atoms with E-state index in [0.717, 1.165) is 56.4 Å². The smallest absolute Gasteiger partial charge is 0.146 e. The second-order valence-corrected chi connectivity index (χ2v) is 6.71. The zero-order valence-electron chi connectivity index (χ0n) is 13.9. The molecule has 0 amide bonds. The highest BCUT2D eigenvalue weighted by molar-refractivity contribution is 5.53. The molecule has 6 nitrogen and oxygen atoms in total. The van der Waals surface area contributed by atoms with Crippen molar-refractivity contribution in [1.29, 1.82) is 5.26 Å². The van der Waals surface area contributed by atoms with Gasteiger partial charge in [0.15, 0.2) is 0 Å². The molecule has 0 aromatic carbocycles. The molecule has 0 N–H and O–H groups in total. The second kappa shape index (κ2) is 6.60. The summed E-state index contributed by atoms with van der Waals surface area (Å²) in [6, 6.07) is 5.93. The highest BCUT2D eigenvalue weighted by Gasteiger charge is 2.28. The maximum Gasteiger partial charge on any atom is 0.146 e. The molecule has 2 aliphatic rings. The van der Waals surface area contributed by atoms with Gasteiger partial charge in [-0.1, -0.05) is 6.42 Å². The molecule has 0 aliphatic carbocycles. The Morgan fingerprint density at radius 3 is 3.00 bits per heavy atom. The lowest BCUT2D eigenvalue weighted by Crippen LogP contribution is -2.36. The van der Waals surface area contributed by atoms with Gasteiger partial charge in [-0.15, -0.1) is 10.2 Å². The summed E-state index contributed by atoms with van der Waals surface area (Å²) in [7, 11) is 0. The fourth-order valence-electron chi connectivity index (χ4n) is 3.93. The van der Waals surface area contributed by atoms with Crippen molar-refractivity contribution in [2.45, 2.75) is 51.0 Å². The van der Waals surface area contributed by atoms with Crippen molar-refractivity contribution in [2.75, 3.05) is 18.0 Å². The van der Waals surface area contributed by atoms with Crippen molar-refractivity contribution < 1.29 is 0 Å². The lowest BCUT2D eigenvalue weighted by atomic mass is 9.96. The number of piperidine rings is 1. The molecule has 1 atom stereocenters. The van der Waals surface area contributed by atoms with Crippen LogP contribution in [0.1, 0.15) is 55.2 Å². The Morgan fingerprint density at radius 1 is 1.12 bits per heavy atom. The molecular formula is C18H22N6. The van der Waals surface area contributed by atoms with Crippen LogP contribution in [-0.2, 0) is 13.0 Å². The molecule has 2 aliphatic heterocycles. The van der Waals surface area contributed by atoms with Gasteiger partial charge in [0.1, 0.15) is 23.5 Å². The molecule has 0 radical (unpaired) electrons. The normalized spacial score (nSPS) is 21.0. The molecule has 0 spiro atoms. The van der Waals surface area contributed by atoms with Crippen molar-refractivity contribution >= 4 is 5.82 Å². The van der Waals surface area contributed by atoms with Crippen LogP contribution in [0.25, 0.3) is 0 Å². The van der Waals surface area contributed by atoms with Crippen LogP contribution in [-0.4, -0.2) is 32.8 Å². The SMILES string of the molecule is N#Cc1cccnc1N1CCCC(c2nnc3n2CCCCC3)C1. The van der Waals surface area contributed by atoms with E-state index in [2.05, 4.69) is 30.7 Å². The summed E-state index contributed by atoms with van der Waals surface area (Å²) >= 11 is 0. The van der Waals surface area contributed by atoms with E-state index >= 15 is 0 Å². The summed E-state index contributed by atoms with van der Waals surface area (Å²) in [5.41, 5.74) is 0.651. The van der Waals surface area contributed by atoms with Crippen LogP contribution < -0.4 is 4.90 Å². The van der Waals surface area contributed by atoms with E-state index in [4.69, 9.17) is 0 Å². The Hall–Kier alpha value is -2.42. The minimum absolute atomic E-state index is 0.367. The number of rotatable bonds is 2. The topological polar surface area (TPSA) is 70.6 Å². The largest absolute Gasteiger partial charge is 0.355 e. The first-order valence-electron chi connectivity index (χ1n) is 8.89. The van der Waals surface area contributed by atoms with E-state index in [9.17, 15) is 5.26 Å². The summed E-state index contributed by atoms with van der Waals surface area (Å²) < 4.78 is 2.35. The quantitative estimate of drug-likeness (QED) is 0.850. The van der Waals surface area contributed by atoms with Crippen molar-refractivity contribution in [3.63, 3.8) is 0 Å². The van der Waals surface area contributed by atoms with Crippen LogP contribution in [0.4, 0.5) is 5.82 Å². The summed E-state index contributed by atoms with van der Waals surface area (Å²) in [4.78, 5) is 6.69. The van der Waals surface area contributed by atoms with Gasteiger partial charge in [-0.05, 0) is 37.8 Å². The summed E-state index contributed by atoms with van der Waals surface area (Å²) in [5, 5.41) is 18.3. The fourth-order valence-corrected chi connectivity index (χ4v) is 3.93. The number of aryl methyl sites for hydroxylation is 1. The predicted molar refractivity (Wildman–Crippen MR) is 90.7 cm³/mol. The van der Waals surface area contributed by atoms with Crippen molar-refractivity contribution in [3.05, 3.63) is 35.5 Å². The highest BCUT2D eigenvalue weighted by Crippen LogP contribution is 2.30. The van der Waals surface area contributed by atoms with E-state index < -0.39 is 0 Å². The molecule has 4 rings (SSSR count). The fraction of sp³-hybridized carbons (Fsp3) is 0.556. The number of pyridine rings is 1. The van der Waals surface area contributed by atoms with Gasteiger partial charge in [-0.25, -0.2) is 4.98 Å². The van der Waals surface area contributed by atoms with Gasteiger partial charge in [0.05, 0.1) is 5.56 Å². The molecular weight excluding hydrogens is 300 g/mol. The van der Waals surface area contributed by atoms with Gasteiger partial charge < -0.3 is 9.47 Å². The first-order valence-corrected chi connectivity index (χ1v) is 8.89. The van der Waals surface area contributed by atoms with Crippen LogP contribution in [0.2, 0.25) is 0 Å². The molecule has 2 aromatic heterocycles. The van der Waals surface area contributed by atoms with Crippen LogP contribution in [0.3, 0.4) is 0 Å². The van der Waals surface area contributed by atoms with Crippen molar-refractivity contribution in [1.82, 2.24) is 19.7 Å². The number of anilines is 1. The molecule has 0 bridgehead atoms. The third-order valence-electron chi connectivity index (χ3n) is 5.13. The van der Waals surface area contributed by atoms with E-state index in [1.807, 2.05) is 12.1 Å². The monoisotopic (exact) mass is 322 g/mol. The van der Waals surface area contributed by atoms with Gasteiger partial charge in [0, 0.05) is 38.2 Å². The molecule has 4 heterocycles. The standard InChI is InChI=1S/C18H22N6/c19-12-14-6-4-9-20-17(14)23-10-5-7-15(13-23)18-22-21-16-8-2-1-3-11-24(16)18/h4,6,9,15H,1-3,5,7-8,10-11,13H2. The molecule has 0 saturated carbocycles. The lowest BCUT2D eigenvalue weighted by molar-refractivity contribution is 0.463. The number of fused-ring (bicyclic) bond motifs is 1. The van der Waals surface area contributed by atoms with Gasteiger partial charge in [-0.2, -0.15) is 5.26 Å². The van der Waals surface area contributed by atoms with Crippen molar-refractivity contribution in [3.8, 4) is 6.07 Å². The average Bonchev–Trinajstić information content (AvgIpc) is 2.90. The third-order valence-corrected chi connectivity index (χ3v) is 5.13. The van der Waals surface area contributed by atoms with E-state index in [1.54, 1.807) is 6.20 Å². The third kappa shape index (κ3) is 2.75. The zero-order chi connectivity index (χ0) is 16.4. The Kier molecular flexibility index (Phi) is 4.16. The van der Waals surface area contributed by atoms with Gasteiger partial charge in [-0.3, -0.25) is 0 Å². The predicted octanol–water partition coefficient (Wildman–Crippen LogP) is 2.66. The maximum atomic E-state index is 9.35.